The van der Waals surface area contributed by atoms with Crippen LogP contribution in [-0.2, 0) is 32.0 Å². The van der Waals surface area contributed by atoms with Gasteiger partial charge in [0.05, 0.1) is 25.4 Å². The molecule has 0 saturated carbocycles. The Balaban J connectivity index is 1.60. The second-order valence-electron chi connectivity index (χ2n) is 8.26. The average Bonchev–Trinajstić information content (AvgIpc) is 3.19. The van der Waals surface area contributed by atoms with Crippen molar-refractivity contribution in [2.24, 2.45) is 5.11 Å². The van der Waals surface area contributed by atoms with Gasteiger partial charge in [0, 0.05) is 23.1 Å². The van der Waals surface area contributed by atoms with E-state index in [0.717, 1.165) is 4.57 Å². The van der Waals surface area contributed by atoms with Gasteiger partial charge < -0.3 is 39.7 Å². The van der Waals surface area contributed by atoms with Gasteiger partial charge in [0.1, 0.15) is 30.6 Å². The smallest absolute Gasteiger partial charge is 0.390 e. The van der Waals surface area contributed by atoms with Crippen LogP contribution in [0.4, 0.5) is 0 Å². The number of aromatic amines is 1. The Kier molecular flexibility index (Phi) is 9.67. The third-order valence-corrected chi connectivity index (χ3v) is 8.10. The normalized spacial score (nSPS) is 34.7. The molecule has 0 radical (unpaired) electrons. The van der Waals surface area contributed by atoms with Crippen LogP contribution in [0.5, 0.6) is 0 Å². The lowest BCUT2D eigenvalue weighted by atomic mass is 9.99. The second kappa shape index (κ2) is 12.0. The number of phosphoric acid groups is 2. The van der Waals surface area contributed by atoms with Crippen molar-refractivity contribution in [3.8, 4) is 0 Å². The highest BCUT2D eigenvalue weighted by atomic mass is 31.3. The maximum Gasteiger partial charge on any atom is 0.483 e. The Hall–Kier alpha value is -1.99. The number of aromatic nitrogens is 2. The minimum absolute atomic E-state index is 0.174. The van der Waals surface area contributed by atoms with Gasteiger partial charge in [0.25, 0.3) is 5.56 Å². The van der Waals surface area contributed by atoms with Crippen molar-refractivity contribution in [3.05, 3.63) is 43.0 Å². The zero-order valence-corrected chi connectivity index (χ0v) is 21.1. The van der Waals surface area contributed by atoms with E-state index in [-0.39, 0.29) is 12.0 Å². The number of nitrogens with one attached hydrogen (secondary N) is 1. The van der Waals surface area contributed by atoms with Gasteiger partial charge in [-0.25, -0.2) is 13.9 Å². The Bertz CT molecular complexity index is 1270. The molecular weight excluding hydrogens is 564 g/mol. The van der Waals surface area contributed by atoms with E-state index >= 15 is 0 Å². The molecule has 7 N–H and O–H groups in total. The van der Waals surface area contributed by atoms with Crippen LogP contribution in [-0.4, -0.2) is 95.8 Å². The predicted molar refractivity (Wildman–Crippen MR) is 119 cm³/mol. The zero-order valence-electron chi connectivity index (χ0n) is 19.4. The lowest BCUT2D eigenvalue weighted by molar-refractivity contribution is -0.272. The summed E-state index contributed by atoms with van der Waals surface area (Å²) in [5.41, 5.74) is 7.10. The molecule has 0 aliphatic carbocycles. The summed E-state index contributed by atoms with van der Waals surface area (Å²) in [6, 6.07) is 0. The maximum absolute atomic E-state index is 12.3. The first kappa shape index (κ1) is 30.6. The summed E-state index contributed by atoms with van der Waals surface area (Å²) in [6.45, 7) is -0.0187. The van der Waals surface area contributed by atoms with Gasteiger partial charge in [0.2, 0.25) is 0 Å². The van der Waals surface area contributed by atoms with Crippen molar-refractivity contribution in [1.82, 2.24) is 9.55 Å². The monoisotopic (exact) mass is 589 g/mol. The molecule has 0 bridgehead atoms. The van der Waals surface area contributed by atoms with Crippen molar-refractivity contribution in [3.63, 3.8) is 0 Å². The Morgan fingerprint density at radius 2 is 1.82 bits per heavy atom. The van der Waals surface area contributed by atoms with E-state index in [1.165, 1.54) is 13.1 Å². The minimum atomic E-state index is -5.57. The number of phosphoric ester groups is 2. The Morgan fingerprint density at radius 3 is 2.47 bits per heavy atom. The lowest BCUT2D eigenvalue weighted by Gasteiger charge is -2.39. The van der Waals surface area contributed by atoms with Crippen LogP contribution in [0.3, 0.4) is 0 Å². The van der Waals surface area contributed by atoms with Gasteiger partial charge >= 0.3 is 21.3 Å². The Morgan fingerprint density at radius 1 is 1.13 bits per heavy atom. The van der Waals surface area contributed by atoms with Gasteiger partial charge in [0.15, 0.2) is 6.29 Å². The van der Waals surface area contributed by atoms with E-state index in [1.54, 1.807) is 0 Å². The number of ether oxygens (including phenoxy) is 2. The number of aliphatic hydroxyl groups excluding tert-OH is 4. The summed E-state index contributed by atoms with van der Waals surface area (Å²) in [6.07, 6.45) is -12.3. The largest absolute Gasteiger partial charge is 0.483 e. The molecular formula is C16H25N5O15P2. The number of H-pyrrole nitrogens is 1. The number of hydrogen-bond donors (Lipinski definition) is 7. The molecule has 0 amide bonds. The average molecular weight is 589 g/mol. The summed E-state index contributed by atoms with van der Waals surface area (Å²) < 4.78 is 49.2. The lowest BCUT2D eigenvalue weighted by Crippen LogP contribution is -2.58. The molecule has 2 aliphatic heterocycles. The number of azide groups is 1. The molecule has 3 rings (SSSR count). The summed E-state index contributed by atoms with van der Waals surface area (Å²) >= 11 is 0. The van der Waals surface area contributed by atoms with Gasteiger partial charge in [-0.3, -0.25) is 23.4 Å². The molecule has 38 heavy (non-hydrogen) atoms. The van der Waals surface area contributed by atoms with Crippen LogP contribution in [0.25, 0.3) is 10.4 Å². The van der Waals surface area contributed by atoms with Crippen LogP contribution >= 0.6 is 15.6 Å². The summed E-state index contributed by atoms with van der Waals surface area (Å²) in [4.78, 5) is 47.8. The van der Waals surface area contributed by atoms with Crippen molar-refractivity contribution >= 4 is 15.6 Å². The zero-order chi connectivity index (χ0) is 28.4. The highest BCUT2D eigenvalue weighted by molar-refractivity contribution is 7.61. The third kappa shape index (κ3) is 7.35. The maximum atomic E-state index is 12.3. The minimum Gasteiger partial charge on any atom is -0.390 e. The van der Waals surface area contributed by atoms with Crippen LogP contribution in [0, 0.1) is 6.92 Å². The third-order valence-electron chi connectivity index (χ3n) is 5.50. The number of hydrogen-bond acceptors (Lipinski definition) is 14. The summed E-state index contributed by atoms with van der Waals surface area (Å²) in [5, 5.41) is 43.0. The standard InChI is InChI=1S/C16H25N5O15P2/c1-6-4-21(16(27)19-14(6)26)10-2-7(22)9(33-10)5-32-37(28,29)36-38(30,31)35-15-13(25)12(24)11(23)8(34-15)3-18-20-17/h4,7-13,15,22-25H,2-3,5H2,1H3,(H,28,29)(H,30,31)(H,19,26,27)/t7-,8+,9+,10+,11+,12-,13+,15+/m0/s1. The fourth-order valence-corrected chi connectivity index (χ4v) is 5.74. The number of rotatable bonds is 10. The van der Waals surface area contributed by atoms with Crippen molar-refractivity contribution in [2.45, 2.75) is 62.5 Å². The van der Waals surface area contributed by atoms with E-state index in [2.05, 4.69) is 28.4 Å². The molecule has 2 fully saturated rings. The van der Waals surface area contributed by atoms with Crippen molar-refractivity contribution < 1.29 is 62.2 Å². The molecule has 1 aromatic rings. The molecule has 2 aliphatic rings. The number of nitrogens with zero attached hydrogens (tertiary/aromatic N) is 4. The molecule has 10 atom stereocenters. The van der Waals surface area contributed by atoms with Crippen molar-refractivity contribution in [1.29, 1.82) is 0 Å². The molecule has 0 aromatic carbocycles. The first-order chi connectivity index (χ1) is 17.6. The van der Waals surface area contributed by atoms with Gasteiger partial charge in [-0.2, -0.15) is 4.31 Å². The SMILES string of the molecule is Cc1cn([C@H]2C[C@H](O)[C@@H](COP(=O)(O)OP(=O)(O)O[C@H]3O[C@H](CN=[N+]=[N-])[C@@H](O)[C@H](O)[C@H]3O)O2)c(=O)[nH]c1=O. The quantitative estimate of drug-likeness (QED) is 0.0663. The highest BCUT2D eigenvalue weighted by Crippen LogP contribution is 2.61. The molecule has 0 spiro atoms. The van der Waals surface area contributed by atoms with Gasteiger partial charge in [-0.1, -0.05) is 5.11 Å². The molecule has 2 unspecified atom stereocenters. The van der Waals surface area contributed by atoms with Crippen LogP contribution in [0.1, 0.15) is 18.2 Å². The summed E-state index contributed by atoms with van der Waals surface area (Å²) in [5.74, 6) is 0. The fourth-order valence-electron chi connectivity index (χ4n) is 3.58. The molecule has 1 aromatic heterocycles. The molecule has 3 heterocycles. The number of aryl methyl sites for hydroxylation is 1. The van der Waals surface area contributed by atoms with E-state index in [4.69, 9.17) is 15.0 Å². The van der Waals surface area contributed by atoms with E-state index in [1.807, 2.05) is 0 Å². The Labute approximate surface area is 211 Å². The van der Waals surface area contributed by atoms with Crippen LogP contribution < -0.4 is 11.2 Å². The molecule has 2 saturated heterocycles. The fraction of sp³-hybridized carbons (Fsp3) is 0.750. The topological polar surface area (TPSA) is 305 Å². The van der Waals surface area contributed by atoms with Crippen LogP contribution in [0.15, 0.2) is 20.9 Å². The van der Waals surface area contributed by atoms with Gasteiger partial charge in [-0.15, -0.1) is 0 Å². The summed E-state index contributed by atoms with van der Waals surface area (Å²) in [7, 11) is -11.0. The molecule has 214 valence electrons. The van der Waals surface area contributed by atoms with Crippen LogP contribution in [0.2, 0.25) is 0 Å². The number of aliphatic hydroxyl groups is 4. The van der Waals surface area contributed by atoms with Crippen molar-refractivity contribution in [2.75, 3.05) is 13.2 Å². The van der Waals surface area contributed by atoms with E-state index in [9.17, 15) is 48.9 Å². The first-order valence-corrected chi connectivity index (χ1v) is 13.7. The first-order valence-electron chi connectivity index (χ1n) is 10.7. The molecule has 22 heteroatoms. The van der Waals surface area contributed by atoms with E-state index in [0.29, 0.717) is 0 Å². The van der Waals surface area contributed by atoms with Gasteiger partial charge in [-0.05, 0) is 12.5 Å². The predicted octanol–water partition coefficient (Wildman–Crippen LogP) is -2.14. The highest BCUT2D eigenvalue weighted by Gasteiger charge is 2.48. The van der Waals surface area contributed by atoms with E-state index < -0.39 is 89.2 Å². The molecule has 20 nitrogen and oxygen atoms in total. The second-order valence-corrected chi connectivity index (χ2v) is 11.3.